The third kappa shape index (κ3) is 5.91. The molecule has 0 aromatic heterocycles. The summed E-state index contributed by atoms with van der Waals surface area (Å²) >= 11 is 6.03. The lowest BCUT2D eigenvalue weighted by Crippen LogP contribution is -2.53. The third-order valence-corrected chi connectivity index (χ3v) is 5.59. The average molecular weight is 409 g/mol. The molecule has 2 amide bonds. The Hall–Kier alpha value is -1.67. The Morgan fingerprint density at radius 1 is 1.07 bits per heavy atom. The molecule has 0 spiro atoms. The van der Waals surface area contributed by atoms with Crippen molar-refractivity contribution in [2.24, 2.45) is 0 Å². The van der Waals surface area contributed by atoms with E-state index in [1.807, 2.05) is 41.0 Å². The topological polar surface area (TPSA) is 65.1 Å². The number of morpholine rings is 1. The molecule has 2 fully saturated rings. The van der Waals surface area contributed by atoms with Gasteiger partial charge in [-0.05, 0) is 24.6 Å². The fraction of sp³-hybridized carbons (Fsp3) is 0.600. The summed E-state index contributed by atoms with van der Waals surface area (Å²) in [4.78, 5) is 30.7. The highest BCUT2D eigenvalue weighted by molar-refractivity contribution is 6.30. The Morgan fingerprint density at radius 3 is 2.43 bits per heavy atom. The molecule has 2 aliphatic rings. The smallest absolute Gasteiger partial charge is 0.236 e. The second kappa shape index (κ2) is 10.2. The molecule has 0 radical (unpaired) electrons. The van der Waals surface area contributed by atoms with Gasteiger partial charge in [-0.3, -0.25) is 14.5 Å². The summed E-state index contributed by atoms with van der Waals surface area (Å²) in [5.74, 6) is 0.244. The van der Waals surface area contributed by atoms with Gasteiger partial charge in [-0.2, -0.15) is 0 Å². The van der Waals surface area contributed by atoms with Gasteiger partial charge in [0.05, 0.1) is 26.3 Å². The zero-order chi connectivity index (χ0) is 19.9. The lowest BCUT2D eigenvalue weighted by Gasteiger charge is -2.36. The van der Waals surface area contributed by atoms with Gasteiger partial charge in [0.25, 0.3) is 0 Å². The first-order valence-corrected chi connectivity index (χ1v) is 10.3. The number of hydrogen-bond donors (Lipinski definition) is 1. The van der Waals surface area contributed by atoms with E-state index < -0.39 is 0 Å². The second-order valence-electron chi connectivity index (χ2n) is 7.31. The molecule has 1 aromatic carbocycles. The molecule has 1 aromatic rings. The molecule has 0 aliphatic carbocycles. The second-order valence-corrected chi connectivity index (χ2v) is 7.74. The maximum Gasteiger partial charge on any atom is 0.236 e. The summed E-state index contributed by atoms with van der Waals surface area (Å²) in [6.45, 7) is 8.09. The van der Waals surface area contributed by atoms with Crippen molar-refractivity contribution in [2.75, 3.05) is 65.6 Å². The molecule has 0 bridgehead atoms. The van der Waals surface area contributed by atoms with Crippen LogP contribution in [0.25, 0.3) is 0 Å². The normalized spacial score (nSPS) is 19.5. The molecule has 8 heteroatoms. The molecular weight excluding hydrogens is 380 g/mol. The van der Waals surface area contributed by atoms with Gasteiger partial charge in [-0.1, -0.05) is 23.7 Å². The van der Waals surface area contributed by atoms with Gasteiger partial charge in [-0.15, -0.1) is 0 Å². The van der Waals surface area contributed by atoms with E-state index in [9.17, 15) is 9.59 Å². The van der Waals surface area contributed by atoms with Gasteiger partial charge >= 0.3 is 0 Å². The number of ether oxygens (including phenoxy) is 1. The Kier molecular flexibility index (Phi) is 7.67. The number of benzene rings is 1. The van der Waals surface area contributed by atoms with Crippen molar-refractivity contribution < 1.29 is 14.3 Å². The lowest BCUT2D eigenvalue weighted by molar-refractivity contribution is -0.137. The van der Waals surface area contributed by atoms with Crippen molar-refractivity contribution in [1.29, 1.82) is 0 Å². The SMILES string of the molecule is C[C@@H](NCC(=O)N1CCN(CC(=O)N2CCOCC2)CC1)c1cccc(Cl)c1. The van der Waals surface area contributed by atoms with Crippen LogP contribution < -0.4 is 5.32 Å². The van der Waals surface area contributed by atoms with Crippen LogP contribution in [0.1, 0.15) is 18.5 Å². The van der Waals surface area contributed by atoms with Gasteiger partial charge < -0.3 is 19.9 Å². The van der Waals surface area contributed by atoms with E-state index in [1.165, 1.54) is 0 Å². The van der Waals surface area contributed by atoms with Gasteiger partial charge in [0, 0.05) is 50.3 Å². The van der Waals surface area contributed by atoms with Crippen LogP contribution in [-0.2, 0) is 14.3 Å². The van der Waals surface area contributed by atoms with E-state index >= 15 is 0 Å². The average Bonchev–Trinajstić information content (AvgIpc) is 2.73. The zero-order valence-electron chi connectivity index (χ0n) is 16.4. The largest absolute Gasteiger partial charge is 0.378 e. The first-order chi connectivity index (χ1) is 13.5. The number of amides is 2. The van der Waals surface area contributed by atoms with E-state index in [4.69, 9.17) is 16.3 Å². The Morgan fingerprint density at radius 2 is 1.75 bits per heavy atom. The summed E-state index contributed by atoms with van der Waals surface area (Å²) in [7, 11) is 0. The molecule has 28 heavy (non-hydrogen) atoms. The van der Waals surface area contributed by atoms with E-state index in [0.29, 0.717) is 57.5 Å². The molecule has 2 aliphatic heterocycles. The van der Waals surface area contributed by atoms with Crippen LogP contribution in [-0.4, -0.2) is 92.1 Å². The molecule has 2 saturated heterocycles. The summed E-state index contributed by atoms with van der Waals surface area (Å²) in [5, 5.41) is 3.97. The quantitative estimate of drug-likeness (QED) is 0.760. The fourth-order valence-corrected chi connectivity index (χ4v) is 3.70. The summed E-state index contributed by atoms with van der Waals surface area (Å²) < 4.78 is 5.29. The summed E-state index contributed by atoms with van der Waals surface area (Å²) in [6, 6.07) is 7.71. The Bertz CT molecular complexity index is 673. The first-order valence-electron chi connectivity index (χ1n) is 9.87. The number of piperazine rings is 1. The highest BCUT2D eigenvalue weighted by Gasteiger charge is 2.25. The summed E-state index contributed by atoms with van der Waals surface area (Å²) in [5.41, 5.74) is 1.06. The molecule has 0 unspecified atom stereocenters. The van der Waals surface area contributed by atoms with E-state index in [0.717, 1.165) is 18.7 Å². The van der Waals surface area contributed by atoms with Gasteiger partial charge in [0.2, 0.25) is 11.8 Å². The number of hydrogen-bond acceptors (Lipinski definition) is 5. The molecule has 1 N–H and O–H groups in total. The van der Waals surface area contributed by atoms with E-state index in [2.05, 4.69) is 10.2 Å². The highest BCUT2D eigenvalue weighted by Crippen LogP contribution is 2.17. The molecular formula is C20H29ClN4O3. The van der Waals surface area contributed by atoms with Crippen molar-refractivity contribution in [3.05, 3.63) is 34.9 Å². The molecule has 7 nitrogen and oxygen atoms in total. The number of halogens is 1. The predicted molar refractivity (Wildman–Crippen MR) is 108 cm³/mol. The highest BCUT2D eigenvalue weighted by atomic mass is 35.5. The minimum Gasteiger partial charge on any atom is -0.378 e. The Labute approximate surface area is 171 Å². The minimum atomic E-state index is 0.0510. The van der Waals surface area contributed by atoms with Gasteiger partial charge in [0.1, 0.15) is 0 Å². The van der Waals surface area contributed by atoms with Gasteiger partial charge in [0.15, 0.2) is 0 Å². The first kappa shape index (κ1) is 21.0. The monoisotopic (exact) mass is 408 g/mol. The number of nitrogens with one attached hydrogen (secondary N) is 1. The number of rotatable bonds is 6. The third-order valence-electron chi connectivity index (χ3n) is 5.36. The maximum absolute atomic E-state index is 12.5. The Balaban J connectivity index is 1.38. The van der Waals surface area contributed by atoms with E-state index in [-0.39, 0.29) is 17.9 Å². The molecule has 3 rings (SSSR count). The minimum absolute atomic E-state index is 0.0510. The van der Waals surface area contributed by atoms with Crippen molar-refractivity contribution in [3.8, 4) is 0 Å². The number of carbonyl (C=O) groups excluding carboxylic acids is 2. The molecule has 0 saturated carbocycles. The van der Waals surface area contributed by atoms with Crippen LogP contribution in [0.5, 0.6) is 0 Å². The van der Waals surface area contributed by atoms with Crippen molar-refractivity contribution in [1.82, 2.24) is 20.0 Å². The van der Waals surface area contributed by atoms with Crippen LogP contribution in [0.15, 0.2) is 24.3 Å². The maximum atomic E-state index is 12.5. The van der Waals surface area contributed by atoms with Gasteiger partial charge in [-0.25, -0.2) is 0 Å². The van der Waals surface area contributed by atoms with Crippen LogP contribution in [0.4, 0.5) is 0 Å². The molecule has 2 heterocycles. The van der Waals surface area contributed by atoms with E-state index in [1.54, 1.807) is 0 Å². The fourth-order valence-electron chi connectivity index (χ4n) is 3.51. The lowest BCUT2D eigenvalue weighted by atomic mass is 10.1. The number of nitrogens with zero attached hydrogens (tertiary/aromatic N) is 3. The number of carbonyl (C=O) groups is 2. The van der Waals surface area contributed by atoms with Crippen molar-refractivity contribution in [3.63, 3.8) is 0 Å². The van der Waals surface area contributed by atoms with Crippen LogP contribution in [0.3, 0.4) is 0 Å². The zero-order valence-corrected chi connectivity index (χ0v) is 17.2. The van der Waals surface area contributed by atoms with Crippen LogP contribution in [0, 0.1) is 0 Å². The molecule has 1 atom stereocenters. The van der Waals surface area contributed by atoms with Crippen molar-refractivity contribution in [2.45, 2.75) is 13.0 Å². The van der Waals surface area contributed by atoms with Crippen molar-refractivity contribution >= 4 is 23.4 Å². The predicted octanol–water partition coefficient (Wildman–Crippen LogP) is 0.994. The van der Waals surface area contributed by atoms with Crippen LogP contribution in [0.2, 0.25) is 5.02 Å². The molecule has 154 valence electrons. The van der Waals surface area contributed by atoms with Crippen LogP contribution >= 0.6 is 11.6 Å². The standard InChI is InChI=1S/C20H29ClN4O3/c1-16(17-3-2-4-18(21)13-17)22-14-19(26)24-7-5-23(6-8-24)15-20(27)25-9-11-28-12-10-25/h2-4,13,16,22H,5-12,14-15H2,1H3/t16-/m1/s1. The summed E-state index contributed by atoms with van der Waals surface area (Å²) in [6.07, 6.45) is 0.